The van der Waals surface area contributed by atoms with Crippen LogP contribution in [0.15, 0.2) is 30.3 Å². The minimum absolute atomic E-state index is 0.152. The third-order valence-electron chi connectivity index (χ3n) is 5.02. The first-order valence-corrected chi connectivity index (χ1v) is 9.13. The van der Waals surface area contributed by atoms with E-state index in [1.165, 1.54) is 11.3 Å². The molecule has 3 saturated heterocycles. The fourth-order valence-corrected chi connectivity index (χ4v) is 4.31. The van der Waals surface area contributed by atoms with E-state index < -0.39 is 0 Å². The van der Waals surface area contributed by atoms with Crippen LogP contribution in [0, 0.1) is 5.92 Å². The smallest absolute Gasteiger partial charge is 0.300 e. The number of carbonyl (C=O) groups is 1. The number of amides is 1. The number of rotatable bonds is 4. The molecule has 126 valence electrons. The van der Waals surface area contributed by atoms with E-state index in [2.05, 4.69) is 27.3 Å². The topological polar surface area (TPSA) is 67.3 Å². The Labute approximate surface area is 144 Å². The Morgan fingerprint density at radius 3 is 2.71 bits per heavy atom. The summed E-state index contributed by atoms with van der Waals surface area (Å²) in [5, 5.41) is 11.8. The molecule has 4 heterocycles. The molecule has 7 heteroatoms. The first-order chi connectivity index (χ1) is 11.7. The first kappa shape index (κ1) is 15.5. The molecule has 1 aromatic heterocycles. The largest absolute Gasteiger partial charge is 0.430 e. The molecule has 0 unspecified atom stereocenters. The molecule has 0 radical (unpaired) electrons. The van der Waals surface area contributed by atoms with Crippen LogP contribution >= 0.6 is 11.3 Å². The molecule has 2 aromatic rings. The third kappa shape index (κ3) is 3.01. The summed E-state index contributed by atoms with van der Waals surface area (Å²) in [6.07, 6.45) is 2.32. The van der Waals surface area contributed by atoms with Gasteiger partial charge in [0.15, 0.2) is 0 Å². The number of nitrogens with zero attached hydrogens (tertiary/aromatic N) is 3. The molecule has 1 amide bonds. The van der Waals surface area contributed by atoms with E-state index in [0.717, 1.165) is 25.9 Å². The highest BCUT2D eigenvalue weighted by atomic mass is 32.1. The van der Waals surface area contributed by atoms with Crippen molar-refractivity contribution in [1.82, 2.24) is 20.4 Å². The predicted octanol–water partition coefficient (Wildman–Crippen LogP) is 2.54. The van der Waals surface area contributed by atoms with Crippen LogP contribution in [0.5, 0.6) is 10.9 Å². The number of ether oxygens (including phenoxy) is 1. The Bertz CT molecular complexity index is 710. The van der Waals surface area contributed by atoms with Gasteiger partial charge in [-0.3, -0.25) is 9.69 Å². The molecule has 3 fully saturated rings. The highest BCUT2D eigenvalue weighted by Gasteiger charge is 2.40. The first-order valence-electron chi connectivity index (χ1n) is 8.32. The van der Waals surface area contributed by atoms with Gasteiger partial charge < -0.3 is 10.1 Å². The molecule has 3 aliphatic rings. The minimum atomic E-state index is -0.152. The lowest BCUT2D eigenvalue weighted by Crippen LogP contribution is -2.62. The van der Waals surface area contributed by atoms with Gasteiger partial charge in [-0.1, -0.05) is 23.3 Å². The second-order valence-electron chi connectivity index (χ2n) is 6.40. The lowest BCUT2D eigenvalue weighted by Gasteiger charge is -2.49. The van der Waals surface area contributed by atoms with Crippen LogP contribution < -0.4 is 10.1 Å². The molecule has 24 heavy (non-hydrogen) atoms. The van der Waals surface area contributed by atoms with Crippen molar-refractivity contribution in [1.29, 1.82) is 0 Å². The molecule has 1 aromatic carbocycles. The van der Waals surface area contributed by atoms with Crippen molar-refractivity contribution in [3.8, 4) is 10.9 Å². The van der Waals surface area contributed by atoms with Gasteiger partial charge in [-0.25, -0.2) is 0 Å². The second-order valence-corrected chi connectivity index (χ2v) is 7.34. The van der Waals surface area contributed by atoms with Crippen LogP contribution in [-0.4, -0.2) is 46.2 Å². The van der Waals surface area contributed by atoms with Gasteiger partial charge in [0.2, 0.25) is 5.01 Å². The number of nitrogens with one attached hydrogen (secondary N) is 1. The van der Waals surface area contributed by atoms with Crippen molar-refractivity contribution >= 4 is 17.2 Å². The summed E-state index contributed by atoms with van der Waals surface area (Å²) in [6.45, 7) is 4.48. The van der Waals surface area contributed by atoms with E-state index in [9.17, 15) is 4.79 Å². The maximum atomic E-state index is 12.5. The zero-order valence-electron chi connectivity index (χ0n) is 13.5. The fourth-order valence-electron chi connectivity index (χ4n) is 3.69. The van der Waals surface area contributed by atoms with Gasteiger partial charge >= 0.3 is 0 Å². The monoisotopic (exact) mass is 344 g/mol. The molecule has 6 nitrogen and oxygen atoms in total. The zero-order chi connectivity index (χ0) is 16.5. The zero-order valence-corrected chi connectivity index (χ0v) is 14.3. The van der Waals surface area contributed by atoms with Gasteiger partial charge in [-0.15, -0.1) is 5.10 Å². The number of hydrogen-bond acceptors (Lipinski definition) is 6. The maximum absolute atomic E-state index is 12.5. The maximum Gasteiger partial charge on any atom is 0.300 e. The van der Waals surface area contributed by atoms with Crippen molar-refractivity contribution < 1.29 is 9.53 Å². The molecule has 0 aliphatic carbocycles. The summed E-state index contributed by atoms with van der Waals surface area (Å²) in [4.78, 5) is 15.0. The molecule has 3 aliphatic heterocycles. The summed E-state index contributed by atoms with van der Waals surface area (Å²) >= 11 is 1.18. The number of para-hydroxylation sites is 1. The summed E-state index contributed by atoms with van der Waals surface area (Å²) < 4.78 is 5.63. The van der Waals surface area contributed by atoms with Crippen molar-refractivity contribution in [3.63, 3.8) is 0 Å². The number of carbonyl (C=O) groups excluding carboxylic acids is 1. The van der Waals surface area contributed by atoms with Crippen LogP contribution in [0.4, 0.5) is 0 Å². The molecule has 5 rings (SSSR count). The third-order valence-corrected chi connectivity index (χ3v) is 5.82. The molecule has 2 atom stereocenters. The normalized spacial score (nSPS) is 28.5. The standard InChI is InChI=1S/C17H20N4O2S/c1-11-14(12-7-9-21(11)10-8-12)18-15(22)16-19-20-17(24-16)23-13-5-3-2-4-6-13/h2-6,11-12,14H,7-10H2,1H3,(H,18,22)/t11-,14-/m0/s1. The van der Waals surface area contributed by atoms with Gasteiger partial charge in [0, 0.05) is 12.1 Å². The highest BCUT2D eigenvalue weighted by Crippen LogP contribution is 2.32. The highest BCUT2D eigenvalue weighted by molar-refractivity contribution is 7.15. The molecular formula is C17H20N4O2S. The number of hydrogen-bond donors (Lipinski definition) is 1. The van der Waals surface area contributed by atoms with Crippen molar-refractivity contribution in [2.45, 2.75) is 31.8 Å². The average molecular weight is 344 g/mol. The SMILES string of the molecule is C[C@H]1[C@H](NC(=O)c2nnc(Oc3ccccc3)s2)C2CCN1CC2. The Balaban J connectivity index is 1.42. The molecular weight excluding hydrogens is 324 g/mol. The summed E-state index contributed by atoms with van der Waals surface area (Å²) in [5.74, 6) is 1.11. The second kappa shape index (κ2) is 6.49. The minimum Gasteiger partial charge on any atom is -0.430 e. The van der Waals surface area contributed by atoms with Gasteiger partial charge in [0.25, 0.3) is 11.1 Å². The molecule has 2 bridgehead atoms. The lowest BCUT2D eigenvalue weighted by molar-refractivity contribution is 0.0217. The van der Waals surface area contributed by atoms with E-state index in [1.807, 2.05) is 30.3 Å². The van der Waals surface area contributed by atoms with Crippen LogP contribution in [0.2, 0.25) is 0 Å². The van der Waals surface area contributed by atoms with Crippen LogP contribution in [0.25, 0.3) is 0 Å². The average Bonchev–Trinajstić information content (AvgIpc) is 3.08. The number of fused-ring (bicyclic) bond motifs is 3. The Hall–Kier alpha value is -1.99. The Morgan fingerprint density at radius 2 is 2.00 bits per heavy atom. The summed E-state index contributed by atoms with van der Waals surface area (Å²) in [6, 6.07) is 9.96. The quantitative estimate of drug-likeness (QED) is 0.923. The number of piperidine rings is 3. The summed E-state index contributed by atoms with van der Waals surface area (Å²) in [5.41, 5.74) is 0. The van der Waals surface area contributed by atoms with E-state index in [1.54, 1.807) is 0 Å². The predicted molar refractivity (Wildman–Crippen MR) is 91.4 cm³/mol. The van der Waals surface area contributed by atoms with Crippen LogP contribution in [0.3, 0.4) is 0 Å². The van der Waals surface area contributed by atoms with E-state index in [0.29, 0.717) is 27.9 Å². The molecule has 0 spiro atoms. The van der Waals surface area contributed by atoms with Crippen molar-refractivity contribution in [3.05, 3.63) is 35.3 Å². The van der Waals surface area contributed by atoms with Gasteiger partial charge in [0.05, 0.1) is 0 Å². The van der Waals surface area contributed by atoms with E-state index in [4.69, 9.17) is 4.74 Å². The van der Waals surface area contributed by atoms with Crippen LogP contribution in [0.1, 0.15) is 29.6 Å². The van der Waals surface area contributed by atoms with Gasteiger partial charge in [0.1, 0.15) is 5.75 Å². The Morgan fingerprint density at radius 1 is 1.25 bits per heavy atom. The molecule has 1 N–H and O–H groups in total. The van der Waals surface area contributed by atoms with Crippen LogP contribution in [-0.2, 0) is 0 Å². The lowest BCUT2D eigenvalue weighted by atomic mass is 9.79. The van der Waals surface area contributed by atoms with E-state index in [-0.39, 0.29) is 11.9 Å². The number of aromatic nitrogens is 2. The number of benzene rings is 1. The molecule has 0 saturated carbocycles. The van der Waals surface area contributed by atoms with Crippen molar-refractivity contribution in [2.75, 3.05) is 13.1 Å². The van der Waals surface area contributed by atoms with Gasteiger partial charge in [-0.2, -0.15) is 0 Å². The Kier molecular flexibility index (Phi) is 4.20. The fraction of sp³-hybridized carbons (Fsp3) is 0.471. The van der Waals surface area contributed by atoms with E-state index >= 15 is 0 Å². The summed E-state index contributed by atoms with van der Waals surface area (Å²) in [7, 11) is 0. The van der Waals surface area contributed by atoms with Crippen molar-refractivity contribution in [2.24, 2.45) is 5.92 Å². The van der Waals surface area contributed by atoms with Gasteiger partial charge in [-0.05, 0) is 62.2 Å².